The van der Waals surface area contributed by atoms with E-state index in [9.17, 15) is 0 Å². The van der Waals surface area contributed by atoms with Crippen molar-refractivity contribution in [2.75, 3.05) is 12.3 Å². The molecule has 0 saturated carbocycles. The van der Waals surface area contributed by atoms with E-state index in [2.05, 4.69) is 26.5 Å². The van der Waals surface area contributed by atoms with Crippen LogP contribution in [0, 0.1) is 5.92 Å². The van der Waals surface area contributed by atoms with E-state index in [0.717, 1.165) is 12.8 Å². The minimum atomic E-state index is 0.134. The molecule has 0 radical (unpaired) electrons. The average molecular weight is 284 g/mol. The number of rotatable bonds is 4. The van der Waals surface area contributed by atoms with Gasteiger partial charge in [-0.25, -0.2) is 4.98 Å². The Morgan fingerprint density at radius 1 is 1.58 bits per heavy atom. The van der Waals surface area contributed by atoms with Crippen LogP contribution >= 0.6 is 11.6 Å². The lowest BCUT2D eigenvalue weighted by molar-refractivity contribution is 0.231. The highest BCUT2D eigenvalue weighted by atomic mass is 35.5. The van der Waals surface area contributed by atoms with Gasteiger partial charge in [0.25, 0.3) is 0 Å². The molecule has 0 fully saturated rings. The maximum Gasteiger partial charge on any atom is 0.223 e. The molecule has 2 aromatic rings. The van der Waals surface area contributed by atoms with Crippen LogP contribution in [-0.4, -0.2) is 31.6 Å². The number of nitrogens with two attached hydrogens (primary N) is 1. The van der Waals surface area contributed by atoms with Gasteiger partial charge in [0.05, 0.1) is 6.33 Å². The fourth-order valence-electron chi connectivity index (χ4n) is 1.31. The summed E-state index contributed by atoms with van der Waals surface area (Å²) in [5.41, 5.74) is 6.42. The Balaban J connectivity index is 0.000000203. The minimum absolute atomic E-state index is 0.134. The van der Waals surface area contributed by atoms with E-state index in [1.165, 1.54) is 6.33 Å². The zero-order chi connectivity index (χ0) is 14.3. The number of imidazole rings is 1. The Kier molecular flexibility index (Phi) is 6.24. The van der Waals surface area contributed by atoms with Crippen molar-refractivity contribution in [2.45, 2.75) is 19.8 Å². The third kappa shape index (κ3) is 4.84. The maximum absolute atomic E-state index is 8.53. The summed E-state index contributed by atoms with van der Waals surface area (Å²) in [6, 6.07) is 0. The van der Waals surface area contributed by atoms with Crippen LogP contribution in [0.4, 0.5) is 5.95 Å². The van der Waals surface area contributed by atoms with Crippen LogP contribution in [0.3, 0.4) is 0 Å². The van der Waals surface area contributed by atoms with Gasteiger partial charge >= 0.3 is 0 Å². The lowest BCUT2D eigenvalue weighted by Crippen LogP contribution is -1.98. The molecular weight excluding hydrogens is 266 g/mol. The van der Waals surface area contributed by atoms with E-state index in [1.807, 2.05) is 13.0 Å². The zero-order valence-corrected chi connectivity index (χ0v) is 11.6. The summed E-state index contributed by atoms with van der Waals surface area (Å²) in [6.45, 7) is 5.92. The van der Waals surface area contributed by atoms with E-state index in [0.29, 0.717) is 28.8 Å². The number of halogens is 1. The first-order valence-electron chi connectivity index (χ1n) is 5.92. The number of hydrogen-bond acceptors (Lipinski definition) is 5. The summed E-state index contributed by atoms with van der Waals surface area (Å²) in [7, 11) is 0. The van der Waals surface area contributed by atoms with Crippen molar-refractivity contribution in [3.8, 4) is 0 Å². The van der Waals surface area contributed by atoms with Gasteiger partial charge in [0.2, 0.25) is 5.95 Å². The third-order valence-electron chi connectivity index (χ3n) is 2.43. The van der Waals surface area contributed by atoms with Crippen LogP contribution in [0.2, 0.25) is 5.15 Å². The van der Waals surface area contributed by atoms with Crippen molar-refractivity contribution in [3.05, 3.63) is 24.1 Å². The number of aliphatic hydroxyl groups excluding tert-OH is 1. The summed E-state index contributed by atoms with van der Waals surface area (Å²) in [6.07, 6.45) is 5.44. The largest absolute Gasteiger partial charge is 0.396 e. The Morgan fingerprint density at radius 2 is 2.32 bits per heavy atom. The fraction of sp³-hybridized carbons (Fsp3) is 0.417. The molecule has 0 bridgehead atoms. The second kappa shape index (κ2) is 7.70. The van der Waals surface area contributed by atoms with Crippen molar-refractivity contribution >= 4 is 28.7 Å². The third-order valence-corrected chi connectivity index (χ3v) is 2.71. The van der Waals surface area contributed by atoms with Crippen molar-refractivity contribution in [3.63, 3.8) is 0 Å². The quantitative estimate of drug-likeness (QED) is 0.590. The molecule has 0 aliphatic heterocycles. The number of hydrogen-bond donors (Lipinski definition) is 3. The standard InChI is InChI=1S/C7H14O.C5H4ClN5/c1-3-4-5-7(2)6-8;6-3-2-4(9-1-8-2)11-5(7)10-3/h3,7-8H,1,4-6H2,2H3;1H,(H3,7,8,9,10,11)/t7-;/m1./s1. The van der Waals surface area contributed by atoms with Crippen molar-refractivity contribution < 1.29 is 5.11 Å². The molecular formula is C12H18ClN5O. The van der Waals surface area contributed by atoms with Crippen molar-refractivity contribution in [2.24, 2.45) is 5.92 Å². The van der Waals surface area contributed by atoms with Crippen molar-refractivity contribution in [1.29, 1.82) is 0 Å². The van der Waals surface area contributed by atoms with Gasteiger partial charge in [-0.3, -0.25) is 0 Å². The molecule has 0 amide bonds. The van der Waals surface area contributed by atoms with Gasteiger partial charge in [0.1, 0.15) is 5.52 Å². The molecule has 4 N–H and O–H groups in total. The molecule has 0 unspecified atom stereocenters. The second-order valence-corrected chi connectivity index (χ2v) is 4.49. The Hall–Kier alpha value is -1.66. The molecule has 0 aliphatic rings. The van der Waals surface area contributed by atoms with Gasteiger partial charge in [-0.1, -0.05) is 24.6 Å². The van der Waals surface area contributed by atoms with Crippen LogP contribution in [0.25, 0.3) is 11.2 Å². The predicted molar refractivity (Wildman–Crippen MR) is 76.8 cm³/mol. The molecule has 0 spiro atoms. The molecule has 0 aromatic carbocycles. The van der Waals surface area contributed by atoms with E-state index in [-0.39, 0.29) is 5.95 Å². The zero-order valence-electron chi connectivity index (χ0n) is 10.8. The molecule has 104 valence electrons. The smallest absolute Gasteiger partial charge is 0.223 e. The molecule has 2 rings (SSSR count). The highest BCUT2D eigenvalue weighted by Gasteiger charge is 2.04. The van der Waals surface area contributed by atoms with Gasteiger partial charge in [0.15, 0.2) is 10.8 Å². The lowest BCUT2D eigenvalue weighted by atomic mass is 10.1. The maximum atomic E-state index is 8.53. The molecule has 7 heteroatoms. The van der Waals surface area contributed by atoms with Gasteiger partial charge in [0, 0.05) is 6.61 Å². The van der Waals surface area contributed by atoms with Crippen molar-refractivity contribution in [1.82, 2.24) is 19.9 Å². The van der Waals surface area contributed by atoms with Crippen LogP contribution in [0.15, 0.2) is 19.0 Å². The topological polar surface area (TPSA) is 101 Å². The fourth-order valence-corrected chi connectivity index (χ4v) is 1.53. The number of fused-ring (bicyclic) bond motifs is 1. The monoisotopic (exact) mass is 283 g/mol. The number of anilines is 1. The van der Waals surface area contributed by atoms with E-state index in [1.54, 1.807) is 0 Å². The minimum Gasteiger partial charge on any atom is -0.396 e. The molecule has 0 aliphatic carbocycles. The molecule has 1 atom stereocenters. The molecule has 2 heterocycles. The SMILES string of the molecule is C=CCC[C@@H](C)CO.Nc1nc(Cl)c2[nH]cnc2n1. The average Bonchev–Trinajstić information content (AvgIpc) is 2.85. The van der Waals surface area contributed by atoms with Gasteiger partial charge < -0.3 is 15.8 Å². The van der Waals surface area contributed by atoms with E-state index < -0.39 is 0 Å². The van der Waals surface area contributed by atoms with Crippen LogP contribution in [0.1, 0.15) is 19.8 Å². The van der Waals surface area contributed by atoms with Gasteiger partial charge in [-0.05, 0) is 18.8 Å². The molecule has 0 saturated heterocycles. The first kappa shape index (κ1) is 15.4. The number of aromatic amines is 1. The second-order valence-electron chi connectivity index (χ2n) is 4.13. The highest BCUT2D eigenvalue weighted by molar-refractivity contribution is 6.33. The summed E-state index contributed by atoms with van der Waals surface area (Å²) >= 11 is 5.70. The number of allylic oxidation sites excluding steroid dienone is 1. The number of aromatic nitrogens is 4. The summed E-state index contributed by atoms with van der Waals surface area (Å²) in [5, 5.41) is 8.82. The van der Waals surface area contributed by atoms with E-state index >= 15 is 0 Å². The number of nitrogens with zero attached hydrogens (tertiary/aromatic N) is 3. The first-order valence-corrected chi connectivity index (χ1v) is 6.30. The normalized spacial score (nSPS) is 11.7. The Bertz CT molecular complexity index is 528. The molecule has 2 aromatic heterocycles. The van der Waals surface area contributed by atoms with Crippen LogP contribution in [-0.2, 0) is 0 Å². The molecule has 19 heavy (non-hydrogen) atoms. The van der Waals surface area contributed by atoms with Crippen LogP contribution < -0.4 is 5.73 Å². The summed E-state index contributed by atoms with van der Waals surface area (Å²) < 4.78 is 0. The highest BCUT2D eigenvalue weighted by Crippen LogP contribution is 2.16. The number of H-pyrrole nitrogens is 1. The number of nitrogens with one attached hydrogen (secondary N) is 1. The lowest BCUT2D eigenvalue weighted by Gasteiger charge is -2.02. The molecule has 6 nitrogen and oxygen atoms in total. The summed E-state index contributed by atoms with van der Waals surface area (Å²) in [5.74, 6) is 0.572. The first-order chi connectivity index (χ1) is 9.08. The Labute approximate surface area is 116 Å². The number of nitrogen functional groups attached to an aromatic ring is 1. The Morgan fingerprint density at radius 3 is 2.95 bits per heavy atom. The number of aliphatic hydroxyl groups is 1. The van der Waals surface area contributed by atoms with Gasteiger partial charge in [-0.2, -0.15) is 9.97 Å². The van der Waals surface area contributed by atoms with E-state index in [4.69, 9.17) is 22.4 Å². The van der Waals surface area contributed by atoms with Gasteiger partial charge in [-0.15, -0.1) is 6.58 Å². The van der Waals surface area contributed by atoms with Crippen LogP contribution in [0.5, 0.6) is 0 Å². The predicted octanol–water partition coefficient (Wildman–Crippen LogP) is 2.17. The summed E-state index contributed by atoms with van der Waals surface area (Å²) in [4.78, 5) is 14.2.